The highest BCUT2D eigenvalue weighted by Crippen LogP contribution is 2.26. The molecule has 1 fully saturated rings. The predicted octanol–water partition coefficient (Wildman–Crippen LogP) is 1.62. The molecule has 9 N–H and O–H groups in total. The van der Waals surface area contributed by atoms with Crippen LogP contribution in [0.25, 0.3) is 10.9 Å². The summed E-state index contributed by atoms with van der Waals surface area (Å²) in [6.07, 6.45) is 3.97. The van der Waals surface area contributed by atoms with Crippen LogP contribution in [-0.4, -0.2) is 40.8 Å². The molecule has 0 unspecified atom stereocenters. The van der Waals surface area contributed by atoms with E-state index in [9.17, 15) is 4.79 Å². The fourth-order valence-corrected chi connectivity index (χ4v) is 3.46. The van der Waals surface area contributed by atoms with Crippen molar-refractivity contribution in [2.75, 3.05) is 18.4 Å². The first-order valence-corrected chi connectivity index (χ1v) is 10.4. The van der Waals surface area contributed by atoms with Gasteiger partial charge >= 0.3 is 0 Å². The maximum atomic E-state index is 11.8. The molecule has 1 aliphatic heterocycles. The third-order valence-electron chi connectivity index (χ3n) is 5.14. The number of aryl methyl sites for hydroxylation is 1. The minimum Gasteiger partial charge on any atom is -0.391 e. The van der Waals surface area contributed by atoms with Crippen LogP contribution in [-0.2, 0) is 10.3 Å². The number of hydrogen-bond acceptors (Lipinski definition) is 6. The number of primary amides is 1. The zero-order chi connectivity index (χ0) is 22.8. The summed E-state index contributed by atoms with van der Waals surface area (Å²) < 4.78 is 1.93. The van der Waals surface area contributed by atoms with Gasteiger partial charge in [0.2, 0.25) is 0 Å². The van der Waals surface area contributed by atoms with E-state index in [1.807, 2.05) is 29.9 Å². The zero-order valence-electron chi connectivity index (χ0n) is 19.4. The number of aromatic nitrogens is 2. The third-order valence-corrected chi connectivity index (χ3v) is 5.14. The summed E-state index contributed by atoms with van der Waals surface area (Å²) in [5.41, 5.74) is 19.8. The molecule has 0 aliphatic carbocycles. The molecule has 1 aromatic carbocycles. The van der Waals surface area contributed by atoms with E-state index in [2.05, 4.69) is 41.7 Å². The Morgan fingerprint density at radius 2 is 1.94 bits per heavy atom. The van der Waals surface area contributed by atoms with Gasteiger partial charge in [0.15, 0.2) is 5.96 Å². The minimum absolute atomic E-state index is 0. The molecule has 1 aliphatic rings. The number of piperidine rings is 1. The lowest BCUT2D eigenvalue weighted by molar-refractivity contribution is -0.114. The van der Waals surface area contributed by atoms with Crippen LogP contribution >= 0.6 is 24.8 Å². The van der Waals surface area contributed by atoms with E-state index in [1.54, 1.807) is 0 Å². The molecule has 33 heavy (non-hydrogen) atoms. The summed E-state index contributed by atoms with van der Waals surface area (Å²) in [6.45, 7) is 10.00. The van der Waals surface area contributed by atoms with Gasteiger partial charge in [0.1, 0.15) is 11.5 Å². The Hall–Kier alpha value is -2.69. The zero-order valence-corrected chi connectivity index (χ0v) is 21.1. The molecule has 184 valence electrons. The van der Waals surface area contributed by atoms with E-state index in [0.717, 1.165) is 48.1 Å². The van der Waals surface area contributed by atoms with Crippen LogP contribution in [0.4, 0.5) is 5.69 Å². The second kappa shape index (κ2) is 11.4. The number of rotatable bonds is 5. The molecule has 1 saturated heterocycles. The molecule has 3 rings (SSSR count). The van der Waals surface area contributed by atoms with Crippen LogP contribution < -0.4 is 33.2 Å². The number of guanidine groups is 1. The number of amides is 1. The molecule has 1 aromatic heterocycles. The molecule has 1 amide bonds. The van der Waals surface area contributed by atoms with Crippen molar-refractivity contribution < 1.29 is 4.79 Å². The maximum Gasteiger partial charge on any atom is 0.268 e. The van der Waals surface area contributed by atoms with Gasteiger partial charge in [0.25, 0.3) is 5.91 Å². The minimum atomic E-state index is -0.763. The molecular formula is C21H35Cl2N9O. The molecule has 12 heteroatoms. The number of anilines is 1. The number of nitrogens with one attached hydrogen (secondary N) is 3. The summed E-state index contributed by atoms with van der Waals surface area (Å²) in [5.74, 6) is -0.404. The summed E-state index contributed by atoms with van der Waals surface area (Å²) in [4.78, 5) is 16.2. The smallest absolute Gasteiger partial charge is 0.268 e. The van der Waals surface area contributed by atoms with Crippen molar-refractivity contribution in [1.29, 1.82) is 0 Å². The van der Waals surface area contributed by atoms with Gasteiger partial charge in [0.05, 0.1) is 17.1 Å². The molecule has 0 spiro atoms. The number of hydrogen-bond donors (Lipinski definition) is 6. The molecule has 0 radical (unpaired) electrons. The van der Waals surface area contributed by atoms with E-state index >= 15 is 0 Å². The Labute approximate surface area is 206 Å². The van der Waals surface area contributed by atoms with Crippen molar-refractivity contribution in [3.05, 3.63) is 35.4 Å². The van der Waals surface area contributed by atoms with Gasteiger partial charge in [0, 0.05) is 23.8 Å². The van der Waals surface area contributed by atoms with E-state index in [-0.39, 0.29) is 53.9 Å². The lowest BCUT2D eigenvalue weighted by Crippen LogP contribution is -2.41. The van der Waals surface area contributed by atoms with Gasteiger partial charge in [-0.2, -0.15) is 5.10 Å². The quantitative estimate of drug-likeness (QED) is 0.207. The van der Waals surface area contributed by atoms with Crippen molar-refractivity contribution in [1.82, 2.24) is 20.4 Å². The van der Waals surface area contributed by atoms with Gasteiger partial charge in [-0.25, -0.2) is 4.99 Å². The third kappa shape index (κ3) is 7.15. The average molecular weight is 500 g/mol. The van der Waals surface area contributed by atoms with Crippen molar-refractivity contribution in [2.45, 2.75) is 52.1 Å². The number of fused-ring (bicyclic) bond motifs is 1. The molecule has 1 atom stereocenters. The molecule has 2 heterocycles. The topological polar surface area (TPSA) is 161 Å². The van der Waals surface area contributed by atoms with Crippen LogP contribution in [0.15, 0.2) is 34.8 Å². The van der Waals surface area contributed by atoms with Crippen molar-refractivity contribution in [2.24, 2.45) is 22.2 Å². The number of aliphatic imine (C=N–C) groups is 1. The number of halogens is 2. The predicted molar refractivity (Wildman–Crippen MR) is 139 cm³/mol. The summed E-state index contributed by atoms with van der Waals surface area (Å²) in [7, 11) is 0. The maximum absolute atomic E-state index is 11.8. The fourth-order valence-electron chi connectivity index (χ4n) is 3.46. The van der Waals surface area contributed by atoms with E-state index < -0.39 is 5.91 Å². The lowest BCUT2D eigenvalue weighted by atomic mass is 10.1. The number of benzene rings is 1. The van der Waals surface area contributed by atoms with Crippen LogP contribution in [0.2, 0.25) is 0 Å². The van der Waals surface area contributed by atoms with Gasteiger partial charge in [-0.05, 0) is 64.8 Å². The van der Waals surface area contributed by atoms with Gasteiger partial charge in [-0.1, -0.05) is 0 Å². The number of carbonyl (C=O) groups is 1. The Bertz CT molecular complexity index is 1030. The first-order valence-electron chi connectivity index (χ1n) is 10.4. The first-order chi connectivity index (χ1) is 14.5. The Balaban J connectivity index is 0.00000272. The number of nitrogens with two attached hydrogens (primary N) is 3. The Morgan fingerprint density at radius 1 is 1.24 bits per heavy atom. The Kier molecular flexibility index (Phi) is 9.83. The van der Waals surface area contributed by atoms with E-state index in [1.165, 1.54) is 0 Å². The molecule has 0 saturated carbocycles. The van der Waals surface area contributed by atoms with Gasteiger partial charge in [-0.15, -0.1) is 24.8 Å². The van der Waals surface area contributed by atoms with Crippen molar-refractivity contribution >= 4 is 53.3 Å². The average Bonchev–Trinajstić information content (AvgIpc) is 3.13. The van der Waals surface area contributed by atoms with E-state index in [4.69, 9.17) is 22.3 Å². The summed E-state index contributed by atoms with van der Waals surface area (Å²) >= 11 is 0. The number of nitrogens with zero attached hydrogens (tertiary/aromatic N) is 3. The highest BCUT2D eigenvalue weighted by Gasteiger charge is 2.18. The molecule has 0 bridgehead atoms. The first kappa shape index (κ1) is 28.3. The normalized spacial score (nSPS) is 17.5. The second-order valence-electron chi connectivity index (χ2n) is 8.89. The Morgan fingerprint density at radius 3 is 2.52 bits per heavy atom. The summed E-state index contributed by atoms with van der Waals surface area (Å²) in [5, 5.41) is 15.0. The fraction of sp³-hybridized carbons (Fsp3) is 0.476. The van der Waals surface area contributed by atoms with Crippen LogP contribution in [0, 0.1) is 6.92 Å². The largest absolute Gasteiger partial charge is 0.391 e. The van der Waals surface area contributed by atoms with Gasteiger partial charge < -0.3 is 33.2 Å². The van der Waals surface area contributed by atoms with Crippen molar-refractivity contribution in [3.8, 4) is 0 Å². The van der Waals surface area contributed by atoms with E-state index in [0.29, 0.717) is 0 Å². The van der Waals surface area contributed by atoms with Crippen LogP contribution in [0.3, 0.4) is 0 Å². The standard InChI is InChI=1S/C21H33N9O.2ClH/c1-12-8-15(9-13-11-30(21(2,3)4)29-17(12)13)26-19(16(22)18(23)31)28-20(24)27-14-6-5-7-25-10-14;;/h8-9,11,14,25-26H,5-7,10,22H2,1-4H3,(H2,23,31)(H3,24,27,28);2*1H/b19-16-;;/t14-;;/m0../s1. The molecule has 10 nitrogen and oxygen atoms in total. The van der Waals surface area contributed by atoms with Gasteiger partial charge in [-0.3, -0.25) is 9.48 Å². The monoisotopic (exact) mass is 499 g/mol. The van der Waals surface area contributed by atoms with Crippen LogP contribution in [0.1, 0.15) is 39.2 Å². The lowest BCUT2D eigenvalue weighted by Gasteiger charge is -2.21. The highest BCUT2D eigenvalue weighted by molar-refractivity contribution is 5.94. The number of carbonyl (C=O) groups excluding carboxylic acids is 1. The molecular weight excluding hydrogens is 465 g/mol. The summed E-state index contributed by atoms with van der Waals surface area (Å²) in [6, 6.07) is 3.93. The molecule has 2 aromatic rings. The second-order valence-corrected chi connectivity index (χ2v) is 8.89. The van der Waals surface area contributed by atoms with Crippen LogP contribution in [0.5, 0.6) is 0 Å². The highest BCUT2D eigenvalue weighted by atomic mass is 35.5. The SMILES string of the molecule is Cc1cc(N/C(NC(N)=N[C@H]2CCCNC2)=C(/N)C(N)=O)cc2cn(C(C)(C)C)nc12.Cl.Cl. The van der Waals surface area contributed by atoms with Crippen molar-refractivity contribution in [3.63, 3.8) is 0 Å².